The fraction of sp³-hybridized carbons (Fsp3) is 0.500. The van der Waals surface area contributed by atoms with E-state index in [1.54, 1.807) is 13.0 Å². The Morgan fingerprint density at radius 1 is 1.42 bits per heavy atom. The zero-order valence-electron chi connectivity index (χ0n) is 13.7. The fourth-order valence-corrected chi connectivity index (χ4v) is 4.31. The zero-order valence-corrected chi connectivity index (χ0v) is 13.7. The zero-order chi connectivity index (χ0) is 17.0. The molecule has 0 aromatic rings. The molecule has 0 N–H and O–H groups in total. The van der Waals surface area contributed by atoms with Crippen LogP contribution in [0.5, 0.6) is 0 Å². The summed E-state index contributed by atoms with van der Waals surface area (Å²) in [6, 6.07) is -0.166. The molecule has 4 atom stereocenters. The molecule has 1 saturated heterocycles. The predicted octanol–water partition coefficient (Wildman–Crippen LogP) is 1.83. The summed E-state index contributed by atoms with van der Waals surface area (Å²) in [5, 5.41) is 0. The minimum absolute atomic E-state index is 0.0277. The number of fused-ring (bicyclic) bond motifs is 3. The number of likely N-dealkylation sites (tertiary alicyclic amines) is 1. The van der Waals surface area contributed by atoms with E-state index >= 15 is 0 Å². The molecular formula is C18H19NO5. The van der Waals surface area contributed by atoms with Crippen LogP contribution in [-0.2, 0) is 23.9 Å². The average Bonchev–Trinajstić information content (AvgIpc) is 3.21. The summed E-state index contributed by atoms with van der Waals surface area (Å²) in [4.78, 5) is 37.4. The van der Waals surface area contributed by atoms with Crippen molar-refractivity contribution in [2.24, 2.45) is 11.8 Å². The van der Waals surface area contributed by atoms with Gasteiger partial charge in [0.05, 0.1) is 17.9 Å². The monoisotopic (exact) mass is 329 g/mol. The van der Waals surface area contributed by atoms with Gasteiger partial charge in [0.25, 0.3) is 12.2 Å². The van der Waals surface area contributed by atoms with Gasteiger partial charge in [-0.3, -0.25) is 14.5 Å². The lowest BCUT2D eigenvalue weighted by atomic mass is 9.96. The summed E-state index contributed by atoms with van der Waals surface area (Å²) < 4.78 is 10.5. The van der Waals surface area contributed by atoms with Crippen LogP contribution in [0.3, 0.4) is 0 Å². The molecule has 2 amide bonds. The van der Waals surface area contributed by atoms with Gasteiger partial charge in [0.15, 0.2) is 0 Å². The molecule has 0 aromatic heterocycles. The summed E-state index contributed by atoms with van der Waals surface area (Å²) in [5.41, 5.74) is 2.20. The highest BCUT2D eigenvalue weighted by Crippen LogP contribution is 2.52. The fourth-order valence-electron chi connectivity index (χ4n) is 4.31. The molecule has 0 radical (unpaired) electrons. The SMILES string of the molecule is CC(=O)N1C(=O)/C(=C/OC2C=C(C)C(=O)O2)C2C[C@@H]3CCC=C3[C@H]21. The van der Waals surface area contributed by atoms with E-state index in [1.165, 1.54) is 23.7 Å². The summed E-state index contributed by atoms with van der Waals surface area (Å²) in [7, 11) is 0. The van der Waals surface area contributed by atoms with Gasteiger partial charge in [-0.1, -0.05) is 6.08 Å². The number of cyclic esters (lactones) is 1. The van der Waals surface area contributed by atoms with Crippen molar-refractivity contribution >= 4 is 17.8 Å². The first kappa shape index (κ1) is 15.2. The van der Waals surface area contributed by atoms with Gasteiger partial charge in [-0.05, 0) is 37.7 Å². The molecule has 24 heavy (non-hydrogen) atoms. The third-order valence-corrected chi connectivity index (χ3v) is 5.37. The van der Waals surface area contributed by atoms with Crippen LogP contribution < -0.4 is 0 Å². The molecule has 6 heteroatoms. The van der Waals surface area contributed by atoms with Gasteiger partial charge in [0.1, 0.15) is 0 Å². The van der Waals surface area contributed by atoms with Crippen LogP contribution in [0, 0.1) is 11.8 Å². The van der Waals surface area contributed by atoms with Crippen LogP contribution >= 0.6 is 0 Å². The lowest BCUT2D eigenvalue weighted by Gasteiger charge is -2.21. The lowest BCUT2D eigenvalue weighted by molar-refractivity contribution is -0.152. The Balaban J connectivity index is 1.61. The predicted molar refractivity (Wildman–Crippen MR) is 83.0 cm³/mol. The second-order valence-corrected chi connectivity index (χ2v) is 6.79. The van der Waals surface area contributed by atoms with Crippen molar-refractivity contribution in [2.75, 3.05) is 0 Å². The normalized spacial score (nSPS) is 35.8. The number of amides is 2. The summed E-state index contributed by atoms with van der Waals surface area (Å²) in [6.45, 7) is 3.07. The minimum atomic E-state index is -0.803. The number of hydrogen-bond donors (Lipinski definition) is 0. The molecule has 2 heterocycles. The molecule has 0 bridgehead atoms. The molecular weight excluding hydrogens is 310 g/mol. The molecule has 4 rings (SSSR count). The average molecular weight is 329 g/mol. The Kier molecular flexibility index (Phi) is 3.37. The van der Waals surface area contributed by atoms with Crippen LogP contribution in [0.2, 0.25) is 0 Å². The number of allylic oxidation sites excluding steroid dienone is 1. The first-order valence-corrected chi connectivity index (χ1v) is 8.26. The molecule has 1 saturated carbocycles. The first-order chi connectivity index (χ1) is 11.5. The molecule has 0 spiro atoms. The summed E-state index contributed by atoms with van der Waals surface area (Å²) in [5.74, 6) is -0.534. The van der Waals surface area contributed by atoms with Crippen molar-refractivity contribution in [1.29, 1.82) is 0 Å². The highest BCUT2D eigenvalue weighted by molar-refractivity contribution is 6.07. The Morgan fingerprint density at radius 3 is 2.88 bits per heavy atom. The minimum Gasteiger partial charge on any atom is -0.458 e. The van der Waals surface area contributed by atoms with Gasteiger partial charge in [0, 0.05) is 24.5 Å². The molecule has 6 nitrogen and oxygen atoms in total. The number of carbonyl (C=O) groups excluding carboxylic acids is 3. The summed E-state index contributed by atoms with van der Waals surface area (Å²) in [6.07, 6.45) is 7.29. The number of esters is 1. The van der Waals surface area contributed by atoms with Crippen LogP contribution in [0.25, 0.3) is 0 Å². The number of ether oxygens (including phenoxy) is 2. The van der Waals surface area contributed by atoms with Crippen molar-refractivity contribution < 1.29 is 23.9 Å². The maximum atomic E-state index is 12.7. The Morgan fingerprint density at radius 2 is 2.21 bits per heavy atom. The highest BCUT2D eigenvalue weighted by Gasteiger charge is 2.54. The summed E-state index contributed by atoms with van der Waals surface area (Å²) >= 11 is 0. The van der Waals surface area contributed by atoms with Gasteiger partial charge in [0.2, 0.25) is 5.91 Å². The van der Waals surface area contributed by atoms with Crippen LogP contribution in [0.15, 0.2) is 35.1 Å². The molecule has 126 valence electrons. The third kappa shape index (κ3) is 2.12. The largest absolute Gasteiger partial charge is 0.458 e. The van der Waals surface area contributed by atoms with Gasteiger partial charge >= 0.3 is 5.97 Å². The van der Waals surface area contributed by atoms with Crippen molar-refractivity contribution in [3.05, 3.63) is 35.1 Å². The van der Waals surface area contributed by atoms with Crippen molar-refractivity contribution in [2.45, 2.75) is 45.4 Å². The number of imide groups is 1. The van der Waals surface area contributed by atoms with Crippen LogP contribution in [0.4, 0.5) is 0 Å². The number of rotatable bonds is 2. The Labute approximate surface area is 139 Å². The van der Waals surface area contributed by atoms with Crippen LogP contribution in [0.1, 0.15) is 33.1 Å². The molecule has 2 fully saturated rings. The van der Waals surface area contributed by atoms with E-state index in [4.69, 9.17) is 9.47 Å². The van der Waals surface area contributed by atoms with Crippen molar-refractivity contribution in [3.8, 4) is 0 Å². The molecule has 4 aliphatic rings. The van der Waals surface area contributed by atoms with Gasteiger partial charge < -0.3 is 9.47 Å². The van der Waals surface area contributed by atoms with E-state index in [0.717, 1.165) is 19.3 Å². The van der Waals surface area contributed by atoms with Gasteiger partial charge in [-0.2, -0.15) is 0 Å². The van der Waals surface area contributed by atoms with E-state index in [2.05, 4.69) is 6.08 Å². The van der Waals surface area contributed by atoms with Crippen LogP contribution in [-0.4, -0.2) is 35.0 Å². The van der Waals surface area contributed by atoms with E-state index in [1.807, 2.05) is 0 Å². The van der Waals surface area contributed by atoms with E-state index in [0.29, 0.717) is 17.1 Å². The number of carbonyl (C=O) groups is 3. The molecule has 2 aliphatic carbocycles. The van der Waals surface area contributed by atoms with Crippen molar-refractivity contribution in [1.82, 2.24) is 4.90 Å². The maximum Gasteiger partial charge on any atom is 0.336 e. The number of nitrogens with zero attached hydrogens (tertiary/aromatic N) is 1. The second-order valence-electron chi connectivity index (χ2n) is 6.79. The maximum absolute atomic E-state index is 12.7. The number of hydrogen-bond acceptors (Lipinski definition) is 5. The van der Waals surface area contributed by atoms with Gasteiger partial charge in [-0.25, -0.2) is 4.79 Å². The highest BCUT2D eigenvalue weighted by atomic mass is 16.7. The van der Waals surface area contributed by atoms with E-state index in [9.17, 15) is 14.4 Å². The van der Waals surface area contributed by atoms with E-state index in [-0.39, 0.29) is 23.8 Å². The van der Waals surface area contributed by atoms with E-state index < -0.39 is 12.3 Å². The topological polar surface area (TPSA) is 72.9 Å². The molecule has 2 aliphatic heterocycles. The van der Waals surface area contributed by atoms with Crippen molar-refractivity contribution in [3.63, 3.8) is 0 Å². The van der Waals surface area contributed by atoms with Gasteiger partial charge in [-0.15, -0.1) is 0 Å². The smallest absolute Gasteiger partial charge is 0.336 e. The third-order valence-electron chi connectivity index (χ3n) is 5.37. The standard InChI is InChI=1S/C18H19NO5/c1-9-6-15(24-18(9)22)23-8-14-13-7-11-4-3-5-12(11)16(13)19(10(2)20)17(14)21/h5-6,8,11,13,15-16H,3-4,7H2,1-2H3/b14-8+/t11-,13?,15?,16+/m0/s1. The molecule has 0 aromatic carbocycles. The Hall–Kier alpha value is -2.37. The lowest BCUT2D eigenvalue weighted by Crippen LogP contribution is -2.38. The quantitative estimate of drug-likeness (QED) is 0.334. The first-order valence-electron chi connectivity index (χ1n) is 8.26. The second kappa shape index (κ2) is 5.33. The molecule has 2 unspecified atom stereocenters. The Bertz CT molecular complexity index is 732.